The maximum atomic E-state index is 5.85. The highest BCUT2D eigenvalue weighted by atomic mass is 35.5. The van der Waals surface area contributed by atoms with E-state index in [-0.39, 0.29) is 0 Å². The van der Waals surface area contributed by atoms with Gasteiger partial charge in [0.25, 0.3) is 0 Å². The number of rotatable bonds is 8. The molecule has 1 aromatic carbocycles. The summed E-state index contributed by atoms with van der Waals surface area (Å²) in [5.41, 5.74) is 1.13. The number of hydrogen-bond acceptors (Lipinski definition) is 1. The first-order chi connectivity index (χ1) is 8.26. The van der Waals surface area contributed by atoms with E-state index in [9.17, 15) is 0 Å². The van der Waals surface area contributed by atoms with Crippen molar-refractivity contribution < 1.29 is 4.74 Å². The summed E-state index contributed by atoms with van der Waals surface area (Å²) in [6.07, 6.45) is 6.63. The van der Waals surface area contributed by atoms with E-state index in [1.807, 2.05) is 24.3 Å². The lowest BCUT2D eigenvalue weighted by molar-refractivity contribution is 0.206. The van der Waals surface area contributed by atoms with Gasteiger partial charge in [-0.15, -0.1) is 11.6 Å². The van der Waals surface area contributed by atoms with Crippen molar-refractivity contribution in [2.24, 2.45) is 0 Å². The fourth-order valence-electron chi connectivity index (χ4n) is 1.81. The summed E-state index contributed by atoms with van der Waals surface area (Å²) in [5.74, 6) is 1.51. The average molecular weight is 255 g/mol. The van der Waals surface area contributed by atoms with Crippen LogP contribution in [-0.2, 0) is 5.88 Å². The molecule has 0 N–H and O–H groups in total. The lowest BCUT2D eigenvalue weighted by atomic mass is 10.1. The van der Waals surface area contributed by atoms with Crippen molar-refractivity contribution in [3.8, 4) is 5.75 Å². The molecule has 1 aromatic rings. The van der Waals surface area contributed by atoms with E-state index in [0.29, 0.717) is 12.0 Å². The Morgan fingerprint density at radius 1 is 1.12 bits per heavy atom. The van der Waals surface area contributed by atoms with Gasteiger partial charge in [-0.25, -0.2) is 0 Å². The third-order valence-corrected chi connectivity index (χ3v) is 3.19. The summed E-state index contributed by atoms with van der Waals surface area (Å²) in [6, 6.07) is 8.04. The maximum absolute atomic E-state index is 5.85. The van der Waals surface area contributed by atoms with Crippen LogP contribution >= 0.6 is 11.6 Å². The molecule has 1 unspecified atom stereocenters. The van der Waals surface area contributed by atoms with Gasteiger partial charge in [-0.2, -0.15) is 0 Å². The fourth-order valence-corrected chi connectivity index (χ4v) is 1.99. The first-order valence-electron chi connectivity index (χ1n) is 6.57. The van der Waals surface area contributed by atoms with Crippen molar-refractivity contribution >= 4 is 11.6 Å². The van der Waals surface area contributed by atoms with E-state index < -0.39 is 0 Å². The van der Waals surface area contributed by atoms with E-state index >= 15 is 0 Å². The molecule has 0 aliphatic rings. The normalized spacial score (nSPS) is 12.4. The van der Waals surface area contributed by atoms with Crippen LogP contribution in [0.3, 0.4) is 0 Å². The Kier molecular flexibility index (Phi) is 7.11. The molecule has 0 heterocycles. The van der Waals surface area contributed by atoms with Gasteiger partial charge in [0.1, 0.15) is 5.75 Å². The standard InChI is InChI=1S/C15H23ClO/c1-3-4-5-6-7-13(2)17-15-10-8-14(12-16)9-11-15/h8-11,13H,3-7,12H2,1-2H3. The first kappa shape index (κ1) is 14.4. The summed E-state index contributed by atoms with van der Waals surface area (Å²) in [4.78, 5) is 0. The minimum atomic E-state index is 0.300. The van der Waals surface area contributed by atoms with E-state index in [4.69, 9.17) is 16.3 Å². The van der Waals surface area contributed by atoms with Gasteiger partial charge < -0.3 is 4.74 Å². The molecule has 0 amide bonds. The van der Waals surface area contributed by atoms with Crippen molar-refractivity contribution in [3.63, 3.8) is 0 Å². The summed E-state index contributed by atoms with van der Waals surface area (Å²) in [7, 11) is 0. The van der Waals surface area contributed by atoms with E-state index in [1.165, 1.54) is 25.7 Å². The second-order valence-corrected chi connectivity index (χ2v) is 4.82. The third kappa shape index (κ3) is 5.97. The van der Waals surface area contributed by atoms with Crippen LogP contribution in [-0.4, -0.2) is 6.10 Å². The summed E-state index contributed by atoms with van der Waals surface area (Å²) >= 11 is 5.74. The molecule has 0 aromatic heterocycles. The Bertz CT molecular complexity index is 294. The van der Waals surface area contributed by atoms with Crippen molar-refractivity contribution in [2.45, 2.75) is 57.9 Å². The maximum Gasteiger partial charge on any atom is 0.119 e. The molecule has 0 aliphatic heterocycles. The number of alkyl halides is 1. The highest BCUT2D eigenvalue weighted by Gasteiger charge is 2.03. The lowest BCUT2D eigenvalue weighted by Crippen LogP contribution is -2.11. The number of benzene rings is 1. The highest BCUT2D eigenvalue weighted by Crippen LogP contribution is 2.17. The van der Waals surface area contributed by atoms with Crippen LogP contribution in [0.25, 0.3) is 0 Å². The largest absolute Gasteiger partial charge is 0.491 e. The minimum Gasteiger partial charge on any atom is -0.491 e. The Morgan fingerprint density at radius 3 is 2.41 bits per heavy atom. The van der Waals surface area contributed by atoms with Crippen LogP contribution in [0, 0.1) is 0 Å². The molecule has 1 rings (SSSR count). The van der Waals surface area contributed by atoms with Crippen LogP contribution < -0.4 is 4.74 Å². The monoisotopic (exact) mass is 254 g/mol. The molecule has 0 spiro atoms. The molecule has 0 saturated heterocycles. The smallest absolute Gasteiger partial charge is 0.119 e. The summed E-state index contributed by atoms with van der Waals surface area (Å²) in [6.45, 7) is 4.37. The number of halogens is 1. The van der Waals surface area contributed by atoms with Gasteiger partial charge >= 0.3 is 0 Å². The fraction of sp³-hybridized carbons (Fsp3) is 0.600. The van der Waals surface area contributed by atoms with Crippen molar-refractivity contribution in [2.75, 3.05) is 0 Å². The molecule has 96 valence electrons. The van der Waals surface area contributed by atoms with Crippen LogP contribution in [0.2, 0.25) is 0 Å². The van der Waals surface area contributed by atoms with Gasteiger partial charge in [-0.1, -0.05) is 38.3 Å². The Labute approximate surface area is 110 Å². The van der Waals surface area contributed by atoms with Gasteiger partial charge in [-0.3, -0.25) is 0 Å². The molecule has 0 radical (unpaired) electrons. The van der Waals surface area contributed by atoms with Crippen LogP contribution in [0.5, 0.6) is 5.75 Å². The second kappa shape index (κ2) is 8.41. The van der Waals surface area contributed by atoms with Crippen molar-refractivity contribution in [1.82, 2.24) is 0 Å². The predicted molar refractivity (Wildman–Crippen MR) is 74.8 cm³/mol. The number of ether oxygens (including phenoxy) is 1. The van der Waals surface area contributed by atoms with Crippen LogP contribution in [0.4, 0.5) is 0 Å². The predicted octanol–water partition coefficient (Wildman–Crippen LogP) is 5.16. The van der Waals surface area contributed by atoms with E-state index in [1.54, 1.807) is 0 Å². The Hall–Kier alpha value is -0.690. The summed E-state index contributed by atoms with van der Waals surface area (Å²) < 4.78 is 5.85. The number of hydrogen-bond donors (Lipinski definition) is 0. The molecule has 0 aliphatic carbocycles. The zero-order chi connectivity index (χ0) is 12.5. The van der Waals surface area contributed by atoms with E-state index in [0.717, 1.165) is 17.7 Å². The quantitative estimate of drug-likeness (QED) is 0.460. The second-order valence-electron chi connectivity index (χ2n) is 4.56. The molecule has 0 saturated carbocycles. The molecule has 1 nitrogen and oxygen atoms in total. The zero-order valence-electron chi connectivity index (χ0n) is 10.9. The Balaban J connectivity index is 2.26. The van der Waals surface area contributed by atoms with Gasteiger partial charge in [0.15, 0.2) is 0 Å². The molecule has 2 heteroatoms. The highest BCUT2D eigenvalue weighted by molar-refractivity contribution is 6.17. The average Bonchev–Trinajstić information content (AvgIpc) is 2.36. The molecular formula is C15H23ClO. The molecule has 0 fully saturated rings. The minimum absolute atomic E-state index is 0.300. The third-order valence-electron chi connectivity index (χ3n) is 2.88. The molecule has 1 atom stereocenters. The number of unbranched alkanes of at least 4 members (excludes halogenated alkanes) is 3. The zero-order valence-corrected chi connectivity index (χ0v) is 11.7. The first-order valence-corrected chi connectivity index (χ1v) is 7.11. The molecule has 0 bridgehead atoms. The van der Waals surface area contributed by atoms with Crippen LogP contribution in [0.1, 0.15) is 51.5 Å². The van der Waals surface area contributed by atoms with Gasteiger partial charge in [-0.05, 0) is 37.5 Å². The lowest BCUT2D eigenvalue weighted by Gasteiger charge is -2.14. The van der Waals surface area contributed by atoms with E-state index in [2.05, 4.69) is 13.8 Å². The molecular weight excluding hydrogens is 232 g/mol. The molecule has 17 heavy (non-hydrogen) atoms. The van der Waals surface area contributed by atoms with Gasteiger partial charge in [0.2, 0.25) is 0 Å². The Morgan fingerprint density at radius 2 is 1.82 bits per heavy atom. The van der Waals surface area contributed by atoms with Gasteiger partial charge in [0.05, 0.1) is 6.10 Å². The topological polar surface area (TPSA) is 9.23 Å². The van der Waals surface area contributed by atoms with Crippen LogP contribution in [0.15, 0.2) is 24.3 Å². The van der Waals surface area contributed by atoms with Gasteiger partial charge in [0, 0.05) is 5.88 Å². The van der Waals surface area contributed by atoms with Crippen molar-refractivity contribution in [3.05, 3.63) is 29.8 Å². The SMILES string of the molecule is CCCCCCC(C)Oc1ccc(CCl)cc1. The summed E-state index contributed by atoms with van der Waals surface area (Å²) in [5, 5.41) is 0. The van der Waals surface area contributed by atoms with Crippen molar-refractivity contribution in [1.29, 1.82) is 0 Å².